The molecule has 2 heterocycles. The van der Waals surface area contributed by atoms with E-state index in [1.807, 2.05) is 59.7 Å². The van der Waals surface area contributed by atoms with Gasteiger partial charge in [0.1, 0.15) is 6.04 Å². The van der Waals surface area contributed by atoms with Crippen LogP contribution in [0.5, 0.6) is 0 Å². The van der Waals surface area contributed by atoms with Crippen molar-refractivity contribution in [1.82, 2.24) is 10.2 Å². The summed E-state index contributed by atoms with van der Waals surface area (Å²) >= 11 is 3.14. The highest BCUT2D eigenvalue weighted by Crippen LogP contribution is 2.35. The molecule has 0 bridgehead atoms. The molecule has 1 aromatic carbocycles. The van der Waals surface area contributed by atoms with Gasteiger partial charge in [0.15, 0.2) is 0 Å². The van der Waals surface area contributed by atoms with Crippen LogP contribution in [0.15, 0.2) is 47.8 Å². The maximum atomic E-state index is 13.1. The minimum absolute atomic E-state index is 0.0341. The van der Waals surface area contributed by atoms with E-state index in [0.29, 0.717) is 16.5 Å². The van der Waals surface area contributed by atoms with E-state index in [2.05, 4.69) is 19.2 Å². The highest BCUT2D eigenvalue weighted by atomic mass is 32.2. The van der Waals surface area contributed by atoms with Gasteiger partial charge in [0.25, 0.3) is 5.91 Å². The Morgan fingerprint density at radius 1 is 1.15 bits per heavy atom. The summed E-state index contributed by atoms with van der Waals surface area (Å²) in [6.07, 6.45) is 0.889. The van der Waals surface area contributed by atoms with Gasteiger partial charge in [0.2, 0.25) is 5.91 Å². The number of amides is 2. The highest BCUT2D eigenvalue weighted by Gasteiger charge is 2.42. The van der Waals surface area contributed by atoms with E-state index in [1.54, 1.807) is 11.8 Å². The van der Waals surface area contributed by atoms with Crippen molar-refractivity contribution in [2.45, 2.75) is 44.6 Å². The number of nitrogens with one attached hydrogen (secondary N) is 1. The van der Waals surface area contributed by atoms with Gasteiger partial charge >= 0.3 is 0 Å². The van der Waals surface area contributed by atoms with Crippen molar-refractivity contribution in [2.24, 2.45) is 5.92 Å². The molecule has 0 aliphatic carbocycles. The number of rotatable bonds is 6. The SMILES string of the molecule is CC(C)CC1SCC(C(=O)NC(C)c2ccccc2)N1C(=O)c1cccs1. The third-order valence-electron chi connectivity index (χ3n) is 4.69. The fourth-order valence-electron chi connectivity index (χ4n) is 3.28. The lowest BCUT2D eigenvalue weighted by molar-refractivity contribution is -0.125. The summed E-state index contributed by atoms with van der Waals surface area (Å²) in [6, 6.07) is 13.1. The van der Waals surface area contributed by atoms with Crippen molar-refractivity contribution < 1.29 is 9.59 Å². The van der Waals surface area contributed by atoms with Crippen molar-refractivity contribution in [2.75, 3.05) is 5.75 Å². The molecule has 3 atom stereocenters. The van der Waals surface area contributed by atoms with Gasteiger partial charge in [0, 0.05) is 5.75 Å². The van der Waals surface area contributed by atoms with Gasteiger partial charge in [-0.15, -0.1) is 23.1 Å². The van der Waals surface area contributed by atoms with Crippen LogP contribution in [0, 0.1) is 5.92 Å². The van der Waals surface area contributed by atoms with E-state index in [1.165, 1.54) is 11.3 Å². The van der Waals surface area contributed by atoms with Crippen molar-refractivity contribution in [3.05, 3.63) is 58.3 Å². The molecule has 1 N–H and O–H groups in total. The molecule has 1 aliphatic heterocycles. The molecule has 0 radical (unpaired) electrons. The molecule has 1 aliphatic rings. The molecule has 0 saturated carbocycles. The van der Waals surface area contributed by atoms with E-state index in [4.69, 9.17) is 0 Å². The lowest BCUT2D eigenvalue weighted by Gasteiger charge is -2.30. The van der Waals surface area contributed by atoms with E-state index >= 15 is 0 Å². The average molecular weight is 403 g/mol. The predicted molar refractivity (Wildman–Crippen MR) is 113 cm³/mol. The van der Waals surface area contributed by atoms with E-state index < -0.39 is 6.04 Å². The molecule has 144 valence electrons. The van der Waals surface area contributed by atoms with Crippen LogP contribution in [-0.2, 0) is 4.79 Å². The summed E-state index contributed by atoms with van der Waals surface area (Å²) in [7, 11) is 0. The van der Waals surface area contributed by atoms with E-state index in [9.17, 15) is 9.59 Å². The zero-order valence-electron chi connectivity index (χ0n) is 15.9. The molecular weight excluding hydrogens is 376 g/mol. The fraction of sp³-hybridized carbons (Fsp3) is 0.429. The highest BCUT2D eigenvalue weighted by molar-refractivity contribution is 8.00. The number of carbonyl (C=O) groups excluding carboxylic acids is 2. The first-order chi connectivity index (χ1) is 13.0. The third kappa shape index (κ3) is 4.74. The number of carbonyl (C=O) groups is 2. The van der Waals surface area contributed by atoms with Gasteiger partial charge in [0.05, 0.1) is 16.3 Å². The number of hydrogen-bond acceptors (Lipinski definition) is 4. The summed E-state index contributed by atoms with van der Waals surface area (Å²) in [5.74, 6) is 0.997. The lowest BCUT2D eigenvalue weighted by Crippen LogP contribution is -2.50. The Morgan fingerprint density at radius 2 is 1.89 bits per heavy atom. The van der Waals surface area contributed by atoms with Crippen LogP contribution >= 0.6 is 23.1 Å². The smallest absolute Gasteiger partial charge is 0.265 e. The van der Waals surface area contributed by atoms with Gasteiger partial charge < -0.3 is 10.2 Å². The van der Waals surface area contributed by atoms with Crippen LogP contribution < -0.4 is 5.32 Å². The van der Waals surface area contributed by atoms with Crippen molar-refractivity contribution in [3.63, 3.8) is 0 Å². The first kappa shape index (κ1) is 20.0. The third-order valence-corrected chi connectivity index (χ3v) is 6.86. The van der Waals surface area contributed by atoms with Crippen molar-refractivity contribution >= 4 is 34.9 Å². The molecule has 0 spiro atoms. The molecular formula is C21H26N2O2S2. The topological polar surface area (TPSA) is 49.4 Å². The number of benzene rings is 1. The van der Waals surface area contributed by atoms with Crippen LogP contribution in [0.3, 0.4) is 0 Å². The molecule has 2 aromatic rings. The van der Waals surface area contributed by atoms with Crippen LogP contribution in [0.4, 0.5) is 0 Å². The molecule has 3 unspecified atom stereocenters. The molecule has 4 nitrogen and oxygen atoms in total. The Bertz CT molecular complexity index is 762. The van der Waals surface area contributed by atoms with Gasteiger partial charge in [-0.25, -0.2) is 0 Å². The zero-order chi connectivity index (χ0) is 19.4. The Kier molecular flexibility index (Phi) is 6.60. The Labute approximate surface area is 169 Å². The maximum Gasteiger partial charge on any atom is 0.265 e. The number of nitrogens with zero attached hydrogens (tertiary/aromatic N) is 1. The number of thioether (sulfide) groups is 1. The molecule has 2 amide bonds. The standard InChI is InChI=1S/C21H26N2O2S2/c1-14(2)12-19-23(21(25)18-10-7-11-26-18)17(13-27-19)20(24)22-15(3)16-8-5-4-6-9-16/h4-11,14-15,17,19H,12-13H2,1-3H3,(H,22,24). The monoisotopic (exact) mass is 402 g/mol. The summed E-state index contributed by atoms with van der Waals surface area (Å²) in [6.45, 7) is 6.28. The maximum absolute atomic E-state index is 13.1. The first-order valence-corrected chi connectivity index (χ1v) is 11.2. The second-order valence-corrected chi connectivity index (χ2v) is 9.42. The second kappa shape index (κ2) is 8.93. The minimum Gasteiger partial charge on any atom is -0.348 e. The Hall–Kier alpha value is -1.79. The predicted octanol–water partition coefficient (Wildman–Crippen LogP) is 4.56. The van der Waals surface area contributed by atoms with Crippen molar-refractivity contribution in [3.8, 4) is 0 Å². The largest absolute Gasteiger partial charge is 0.348 e. The molecule has 3 rings (SSSR count). The summed E-state index contributed by atoms with van der Waals surface area (Å²) in [5, 5.41) is 5.05. The summed E-state index contributed by atoms with van der Waals surface area (Å²) in [5.41, 5.74) is 1.06. The van der Waals surface area contributed by atoms with Crippen LogP contribution in [0.1, 0.15) is 48.5 Å². The number of thiophene rings is 1. The zero-order valence-corrected chi connectivity index (χ0v) is 17.6. The van der Waals surface area contributed by atoms with Gasteiger partial charge in [-0.3, -0.25) is 9.59 Å². The number of hydrogen-bond donors (Lipinski definition) is 1. The Balaban J connectivity index is 1.77. The average Bonchev–Trinajstić information content (AvgIpc) is 3.31. The Morgan fingerprint density at radius 3 is 2.52 bits per heavy atom. The second-order valence-electron chi connectivity index (χ2n) is 7.26. The summed E-state index contributed by atoms with van der Waals surface area (Å²) < 4.78 is 0. The van der Waals surface area contributed by atoms with Crippen LogP contribution in [0.25, 0.3) is 0 Å². The first-order valence-electron chi connectivity index (χ1n) is 9.30. The molecule has 1 fully saturated rings. The summed E-state index contributed by atoms with van der Waals surface area (Å²) in [4.78, 5) is 28.6. The molecule has 6 heteroatoms. The van der Waals surface area contributed by atoms with Crippen LogP contribution in [-0.4, -0.2) is 33.9 Å². The quantitative estimate of drug-likeness (QED) is 0.771. The lowest BCUT2D eigenvalue weighted by atomic mass is 10.1. The van der Waals surface area contributed by atoms with Crippen LogP contribution in [0.2, 0.25) is 0 Å². The van der Waals surface area contributed by atoms with Gasteiger partial charge in [-0.2, -0.15) is 0 Å². The molecule has 27 heavy (non-hydrogen) atoms. The molecule has 1 aromatic heterocycles. The normalized spacial score (nSPS) is 20.7. The van der Waals surface area contributed by atoms with Gasteiger partial charge in [-0.05, 0) is 36.3 Å². The van der Waals surface area contributed by atoms with E-state index in [-0.39, 0.29) is 23.2 Å². The fourth-order valence-corrected chi connectivity index (χ4v) is 5.59. The van der Waals surface area contributed by atoms with Crippen molar-refractivity contribution in [1.29, 1.82) is 0 Å². The molecule has 1 saturated heterocycles. The van der Waals surface area contributed by atoms with Gasteiger partial charge in [-0.1, -0.05) is 50.2 Å². The minimum atomic E-state index is -0.431. The van der Waals surface area contributed by atoms with E-state index in [0.717, 1.165) is 12.0 Å².